The molecule has 0 unspecified atom stereocenters. The van der Waals surface area contributed by atoms with E-state index >= 15 is 0 Å². The third-order valence-corrected chi connectivity index (χ3v) is 5.10. The first-order chi connectivity index (χ1) is 13.1. The number of nitrogens with one attached hydrogen (secondary N) is 2. The quantitative estimate of drug-likeness (QED) is 0.775. The molecule has 2 N–H and O–H groups in total. The molecular weight excluding hydrogens is 371 g/mol. The van der Waals surface area contributed by atoms with Gasteiger partial charge in [0.25, 0.3) is 5.91 Å². The van der Waals surface area contributed by atoms with Crippen molar-refractivity contribution in [1.29, 1.82) is 0 Å². The molecule has 8 heteroatoms. The Balaban J connectivity index is 1.78. The van der Waals surface area contributed by atoms with Gasteiger partial charge >= 0.3 is 6.18 Å². The molecule has 0 spiro atoms. The maximum Gasteiger partial charge on any atom is 0.416 e. The Morgan fingerprint density at radius 2 is 1.96 bits per heavy atom. The largest absolute Gasteiger partial charge is 0.416 e. The van der Waals surface area contributed by atoms with Crippen LogP contribution in [0.15, 0.2) is 24.3 Å². The van der Waals surface area contributed by atoms with Gasteiger partial charge in [-0.15, -0.1) is 0 Å². The van der Waals surface area contributed by atoms with Crippen molar-refractivity contribution in [2.24, 2.45) is 0 Å². The number of alkyl halides is 3. The lowest BCUT2D eigenvalue weighted by molar-refractivity contribution is -0.137. The summed E-state index contributed by atoms with van der Waals surface area (Å²) in [4.78, 5) is 26.4. The Morgan fingerprint density at radius 1 is 1.25 bits per heavy atom. The minimum atomic E-state index is -4.52. The molecule has 0 saturated heterocycles. The van der Waals surface area contributed by atoms with Crippen LogP contribution in [0.25, 0.3) is 0 Å². The van der Waals surface area contributed by atoms with Gasteiger partial charge in [0.15, 0.2) is 0 Å². The fraction of sp³-hybridized carbons (Fsp3) is 0.550. The summed E-state index contributed by atoms with van der Waals surface area (Å²) in [6, 6.07) is 4.96. The molecule has 0 aromatic heterocycles. The lowest BCUT2D eigenvalue weighted by atomic mass is 9.90. The molecular formula is C20H27F3N3O2. The number of hydrogen-bond acceptors (Lipinski definition) is 3. The number of benzene rings is 1. The van der Waals surface area contributed by atoms with Crippen molar-refractivity contribution < 1.29 is 22.8 Å². The predicted molar refractivity (Wildman–Crippen MR) is 101 cm³/mol. The van der Waals surface area contributed by atoms with Crippen LogP contribution in [0.4, 0.5) is 13.2 Å². The molecule has 5 nitrogen and oxygen atoms in total. The molecule has 2 amide bonds. The Hall–Kier alpha value is -2.09. The van der Waals surface area contributed by atoms with Crippen LogP contribution in [0, 0.1) is 6.42 Å². The summed E-state index contributed by atoms with van der Waals surface area (Å²) < 4.78 is 38.2. The van der Waals surface area contributed by atoms with E-state index in [2.05, 4.69) is 42.8 Å². The first-order valence-corrected chi connectivity index (χ1v) is 9.38. The molecule has 2 atom stereocenters. The van der Waals surface area contributed by atoms with Crippen LogP contribution in [0.5, 0.6) is 0 Å². The van der Waals surface area contributed by atoms with E-state index in [0.29, 0.717) is 12.1 Å². The van der Waals surface area contributed by atoms with Crippen LogP contribution >= 0.6 is 0 Å². The predicted octanol–water partition coefficient (Wildman–Crippen LogP) is 3.02. The van der Waals surface area contributed by atoms with Crippen LogP contribution in [0.2, 0.25) is 0 Å². The summed E-state index contributed by atoms with van der Waals surface area (Å²) >= 11 is 0. The number of hydrogen-bond donors (Lipinski definition) is 2. The molecule has 1 saturated carbocycles. The van der Waals surface area contributed by atoms with Gasteiger partial charge in [0.1, 0.15) is 0 Å². The second-order valence-corrected chi connectivity index (χ2v) is 7.40. The van der Waals surface area contributed by atoms with Crippen molar-refractivity contribution in [2.45, 2.75) is 57.4 Å². The molecule has 0 aliphatic heterocycles. The first kappa shape index (κ1) is 22.2. The average Bonchev–Trinajstić information content (AvgIpc) is 2.65. The summed E-state index contributed by atoms with van der Waals surface area (Å²) in [5, 5.41) is 5.21. The molecule has 2 rings (SSSR count). The van der Waals surface area contributed by atoms with E-state index in [-0.39, 0.29) is 24.1 Å². The number of nitrogens with zero attached hydrogens (tertiary/aromatic N) is 1. The highest BCUT2D eigenvalue weighted by molar-refractivity contribution is 5.96. The van der Waals surface area contributed by atoms with Gasteiger partial charge in [0, 0.05) is 23.7 Å². The molecule has 28 heavy (non-hydrogen) atoms. The number of amides is 2. The summed E-state index contributed by atoms with van der Waals surface area (Å²) in [6.45, 7) is 4.00. The molecule has 0 bridgehead atoms. The third-order valence-electron chi connectivity index (χ3n) is 5.10. The minimum Gasteiger partial charge on any atom is -0.352 e. The summed E-state index contributed by atoms with van der Waals surface area (Å²) in [7, 11) is 2.09. The smallest absolute Gasteiger partial charge is 0.352 e. The van der Waals surface area contributed by atoms with E-state index in [1.807, 2.05) is 0 Å². The fourth-order valence-electron chi connectivity index (χ4n) is 3.21. The second kappa shape index (κ2) is 9.41. The number of rotatable bonds is 6. The molecule has 1 aromatic carbocycles. The molecule has 1 aromatic rings. The van der Waals surface area contributed by atoms with E-state index in [9.17, 15) is 22.8 Å². The van der Waals surface area contributed by atoms with Crippen molar-refractivity contribution in [1.82, 2.24) is 15.5 Å². The van der Waals surface area contributed by atoms with Gasteiger partial charge in [-0.05, 0) is 64.8 Å². The zero-order chi connectivity index (χ0) is 20.9. The SMILES string of the molecule is CC(C)N(C)[C@@H]1C[CH][C@H](NC(=O)CNC(=O)c2cccc(C(F)(F)F)c2)CC1. The van der Waals surface area contributed by atoms with Gasteiger partial charge in [-0.1, -0.05) is 6.07 Å². The van der Waals surface area contributed by atoms with Crippen molar-refractivity contribution in [3.05, 3.63) is 41.8 Å². The highest BCUT2D eigenvalue weighted by Crippen LogP contribution is 2.29. The highest BCUT2D eigenvalue weighted by Gasteiger charge is 2.31. The fourth-order valence-corrected chi connectivity index (χ4v) is 3.21. The van der Waals surface area contributed by atoms with Crippen LogP contribution in [-0.4, -0.2) is 48.4 Å². The molecule has 1 radical (unpaired) electrons. The molecule has 1 aliphatic rings. The van der Waals surface area contributed by atoms with Crippen LogP contribution in [0.1, 0.15) is 49.0 Å². The van der Waals surface area contributed by atoms with Gasteiger partial charge in [-0.3, -0.25) is 9.59 Å². The second-order valence-electron chi connectivity index (χ2n) is 7.40. The molecule has 0 heterocycles. The Bertz CT molecular complexity index is 684. The Labute approximate surface area is 163 Å². The van der Waals surface area contributed by atoms with Gasteiger partial charge < -0.3 is 15.5 Å². The summed E-state index contributed by atoms with van der Waals surface area (Å²) in [5.41, 5.74) is -1.03. The Morgan fingerprint density at radius 3 is 2.54 bits per heavy atom. The lowest BCUT2D eigenvalue weighted by Crippen LogP contribution is -2.47. The number of carbonyl (C=O) groups excluding carboxylic acids is 2. The van der Waals surface area contributed by atoms with E-state index in [4.69, 9.17) is 0 Å². The average molecular weight is 398 g/mol. The maximum atomic E-state index is 12.7. The van der Waals surface area contributed by atoms with Gasteiger partial charge in [-0.2, -0.15) is 13.2 Å². The Kier molecular flexibility index (Phi) is 7.46. The number of halogens is 3. The van der Waals surface area contributed by atoms with Crippen molar-refractivity contribution in [3.8, 4) is 0 Å². The van der Waals surface area contributed by atoms with E-state index in [1.54, 1.807) is 0 Å². The first-order valence-electron chi connectivity index (χ1n) is 9.38. The van der Waals surface area contributed by atoms with E-state index in [0.717, 1.165) is 31.4 Å². The molecule has 1 aliphatic carbocycles. The van der Waals surface area contributed by atoms with Gasteiger partial charge in [0.2, 0.25) is 5.91 Å². The topological polar surface area (TPSA) is 61.4 Å². The summed E-state index contributed by atoms with van der Waals surface area (Å²) in [5.74, 6) is -1.08. The van der Waals surface area contributed by atoms with E-state index in [1.165, 1.54) is 12.1 Å². The number of carbonyl (C=O) groups is 2. The van der Waals surface area contributed by atoms with E-state index < -0.39 is 17.6 Å². The summed E-state index contributed by atoms with van der Waals surface area (Å²) in [6.07, 6.45) is 0.198. The zero-order valence-corrected chi connectivity index (χ0v) is 16.3. The van der Waals surface area contributed by atoms with Crippen molar-refractivity contribution in [2.75, 3.05) is 13.6 Å². The van der Waals surface area contributed by atoms with Crippen LogP contribution in [-0.2, 0) is 11.0 Å². The van der Waals surface area contributed by atoms with Crippen LogP contribution < -0.4 is 10.6 Å². The monoisotopic (exact) mass is 398 g/mol. The lowest BCUT2D eigenvalue weighted by Gasteiger charge is -2.36. The van der Waals surface area contributed by atoms with Gasteiger partial charge in [-0.25, -0.2) is 0 Å². The highest BCUT2D eigenvalue weighted by atomic mass is 19.4. The maximum absolute atomic E-state index is 12.7. The normalized spacial score (nSPS) is 20.3. The van der Waals surface area contributed by atoms with Crippen LogP contribution in [0.3, 0.4) is 0 Å². The van der Waals surface area contributed by atoms with Crippen molar-refractivity contribution >= 4 is 11.8 Å². The van der Waals surface area contributed by atoms with Crippen molar-refractivity contribution in [3.63, 3.8) is 0 Å². The molecule has 1 fully saturated rings. The zero-order valence-electron chi connectivity index (χ0n) is 16.3. The minimum absolute atomic E-state index is 0.0604. The van der Waals surface area contributed by atoms with Gasteiger partial charge in [0.05, 0.1) is 12.1 Å². The standard InChI is InChI=1S/C20H27F3N3O2/c1-13(2)26(3)17-9-7-16(8-10-17)25-18(27)12-24-19(28)14-5-4-6-15(11-14)20(21,22)23/h4-7,11,13,16-17H,8-10,12H2,1-3H3,(H,24,28)(H,25,27)/t16-,17+/m0/s1. The molecule has 155 valence electrons. The third kappa shape index (κ3) is 6.22.